The lowest BCUT2D eigenvalue weighted by atomic mass is 10.2. The van der Waals surface area contributed by atoms with Crippen molar-refractivity contribution in [1.29, 1.82) is 0 Å². The van der Waals surface area contributed by atoms with Gasteiger partial charge in [0.05, 0.1) is 16.4 Å². The van der Waals surface area contributed by atoms with Gasteiger partial charge >= 0.3 is 0 Å². The highest BCUT2D eigenvalue weighted by atomic mass is 35.5. The number of benzene rings is 1. The van der Waals surface area contributed by atoms with Crippen LogP contribution < -0.4 is 0 Å². The molecule has 1 aromatic heterocycles. The Labute approximate surface area is 133 Å². The maximum Gasteiger partial charge on any atom is 0.128 e. The Bertz CT molecular complexity index is 624. The van der Waals surface area contributed by atoms with Crippen LogP contribution in [0.4, 0.5) is 0 Å². The molecule has 1 fully saturated rings. The zero-order valence-corrected chi connectivity index (χ0v) is 14.0. The van der Waals surface area contributed by atoms with Gasteiger partial charge in [0.25, 0.3) is 0 Å². The van der Waals surface area contributed by atoms with Crippen LogP contribution in [-0.2, 0) is 0 Å². The summed E-state index contributed by atoms with van der Waals surface area (Å²) in [6, 6.07) is 6.43. The molecule has 108 valence electrons. The first kappa shape index (κ1) is 14.6. The summed E-state index contributed by atoms with van der Waals surface area (Å²) in [5, 5.41) is 1.28. The predicted molar refractivity (Wildman–Crippen MR) is 89.2 cm³/mol. The lowest BCUT2D eigenvalue weighted by Crippen LogP contribution is -2.18. The minimum Gasteiger partial charge on any atom is -0.322 e. The van der Waals surface area contributed by atoms with Gasteiger partial charge < -0.3 is 4.57 Å². The third kappa shape index (κ3) is 2.44. The van der Waals surface area contributed by atoms with Gasteiger partial charge in [0.2, 0.25) is 0 Å². The number of thioether (sulfide) groups is 1. The third-order valence-corrected chi connectivity index (χ3v) is 5.67. The summed E-state index contributed by atoms with van der Waals surface area (Å²) in [6.45, 7) is 1.99. The summed E-state index contributed by atoms with van der Waals surface area (Å²) in [6.07, 6.45) is 5.95. The summed E-state index contributed by atoms with van der Waals surface area (Å²) < 4.78 is 2.36. The number of aromatic nitrogens is 2. The molecular weight excluding hydrogens is 311 g/mol. The van der Waals surface area contributed by atoms with E-state index < -0.39 is 0 Å². The molecule has 20 heavy (non-hydrogen) atoms. The summed E-state index contributed by atoms with van der Waals surface area (Å²) in [7, 11) is 0. The molecule has 0 N–H and O–H groups in total. The van der Waals surface area contributed by atoms with Crippen molar-refractivity contribution in [2.75, 3.05) is 6.26 Å². The Morgan fingerprint density at radius 1 is 1.40 bits per heavy atom. The fourth-order valence-electron chi connectivity index (χ4n) is 3.20. The van der Waals surface area contributed by atoms with Crippen LogP contribution in [0.25, 0.3) is 11.0 Å². The molecule has 0 spiro atoms. The molecule has 0 amide bonds. The largest absolute Gasteiger partial charge is 0.322 e. The third-order valence-electron chi connectivity index (χ3n) is 4.09. The van der Waals surface area contributed by atoms with E-state index in [0.717, 1.165) is 21.9 Å². The molecule has 1 aliphatic rings. The van der Waals surface area contributed by atoms with Crippen LogP contribution in [0.15, 0.2) is 18.2 Å². The Balaban J connectivity index is 2.18. The highest BCUT2D eigenvalue weighted by Gasteiger charge is 2.31. The zero-order valence-electron chi connectivity index (χ0n) is 11.6. The molecular formula is C15H18Cl2N2S. The molecule has 3 rings (SSSR count). The van der Waals surface area contributed by atoms with Crippen molar-refractivity contribution < 1.29 is 0 Å². The number of imidazole rings is 1. The minimum absolute atomic E-state index is 0.0933. The van der Waals surface area contributed by atoms with E-state index in [1.807, 2.05) is 30.8 Å². The first-order valence-corrected chi connectivity index (χ1v) is 9.06. The Morgan fingerprint density at radius 2 is 2.20 bits per heavy atom. The van der Waals surface area contributed by atoms with Gasteiger partial charge in [-0.25, -0.2) is 4.98 Å². The van der Waals surface area contributed by atoms with Gasteiger partial charge in [0.1, 0.15) is 5.82 Å². The maximum atomic E-state index is 6.37. The summed E-state index contributed by atoms with van der Waals surface area (Å²) in [4.78, 5) is 4.72. The Kier molecular flexibility index (Phi) is 4.21. The molecule has 1 aliphatic carbocycles. The van der Waals surface area contributed by atoms with Crippen LogP contribution in [0.1, 0.15) is 43.4 Å². The number of halogens is 2. The molecule has 1 aromatic carbocycles. The van der Waals surface area contributed by atoms with E-state index in [1.54, 1.807) is 0 Å². The van der Waals surface area contributed by atoms with E-state index >= 15 is 0 Å². The van der Waals surface area contributed by atoms with Crippen molar-refractivity contribution in [2.24, 2.45) is 0 Å². The smallest absolute Gasteiger partial charge is 0.128 e. The van der Waals surface area contributed by atoms with Crippen LogP contribution in [0.3, 0.4) is 0 Å². The first-order chi connectivity index (χ1) is 9.61. The normalized spacial score (nSPS) is 24.4. The second-order valence-electron chi connectivity index (χ2n) is 5.36. The van der Waals surface area contributed by atoms with Gasteiger partial charge in [0, 0.05) is 16.3 Å². The van der Waals surface area contributed by atoms with Crippen LogP contribution in [-0.4, -0.2) is 21.1 Å². The van der Waals surface area contributed by atoms with Crippen molar-refractivity contribution in [3.8, 4) is 0 Å². The maximum absolute atomic E-state index is 6.37. The highest BCUT2D eigenvalue weighted by Crippen LogP contribution is 2.41. The van der Waals surface area contributed by atoms with E-state index in [1.165, 1.54) is 19.3 Å². The average Bonchev–Trinajstić information content (AvgIpc) is 3.00. The predicted octanol–water partition coefficient (Wildman–Crippen LogP) is 5.45. The molecule has 0 saturated heterocycles. The van der Waals surface area contributed by atoms with Crippen LogP contribution in [0.2, 0.25) is 5.02 Å². The van der Waals surface area contributed by atoms with E-state index in [0.29, 0.717) is 11.3 Å². The topological polar surface area (TPSA) is 17.8 Å². The first-order valence-electron chi connectivity index (χ1n) is 6.96. The number of alkyl halides is 1. The quantitative estimate of drug-likeness (QED) is 0.697. The Hall–Kier alpha value is -0.380. The van der Waals surface area contributed by atoms with E-state index in [9.17, 15) is 0 Å². The molecule has 3 unspecified atom stereocenters. The van der Waals surface area contributed by atoms with E-state index in [4.69, 9.17) is 28.2 Å². The van der Waals surface area contributed by atoms with E-state index in [2.05, 4.69) is 16.9 Å². The van der Waals surface area contributed by atoms with Gasteiger partial charge in [-0.1, -0.05) is 18.0 Å². The number of nitrogens with zero attached hydrogens (tertiary/aromatic N) is 2. The number of hydrogen-bond acceptors (Lipinski definition) is 2. The molecule has 2 aromatic rings. The lowest BCUT2D eigenvalue weighted by Gasteiger charge is -2.23. The number of fused-ring (bicyclic) bond motifs is 1. The fraction of sp³-hybridized carbons (Fsp3) is 0.533. The van der Waals surface area contributed by atoms with Gasteiger partial charge in [-0.2, -0.15) is 11.8 Å². The second kappa shape index (κ2) is 5.78. The van der Waals surface area contributed by atoms with E-state index in [-0.39, 0.29) is 5.38 Å². The SMILES string of the molecule is CSC1CCCC1n1c(C(C)Cl)nc2cc(Cl)ccc21. The average molecular weight is 329 g/mol. The Morgan fingerprint density at radius 3 is 2.90 bits per heavy atom. The molecule has 1 saturated carbocycles. The lowest BCUT2D eigenvalue weighted by molar-refractivity contribution is 0.520. The van der Waals surface area contributed by atoms with Gasteiger partial charge in [0.15, 0.2) is 0 Å². The van der Waals surface area contributed by atoms with Gasteiger partial charge in [-0.15, -0.1) is 11.6 Å². The van der Waals surface area contributed by atoms with Gasteiger partial charge in [-0.3, -0.25) is 0 Å². The molecule has 0 aliphatic heterocycles. The molecule has 5 heteroatoms. The van der Waals surface area contributed by atoms with Crippen molar-refractivity contribution in [3.05, 3.63) is 29.0 Å². The monoisotopic (exact) mass is 328 g/mol. The van der Waals surface area contributed by atoms with Crippen LogP contribution in [0.5, 0.6) is 0 Å². The molecule has 3 atom stereocenters. The molecule has 1 heterocycles. The molecule has 0 bridgehead atoms. The number of hydrogen-bond donors (Lipinski definition) is 0. The highest BCUT2D eigenvalue weighted by molar-refractivity contribution is 7.99. The summed E-state index contributed by atoms with van der Waals surface area (Å²) in [5.74, 6) is 0.967. The number of rotatable bonds is 3. The van der Waals surface area contributed by atoms with Crippen molar-refractivity contribution >= 4 is 46.0 Å². The van der Waals surface area contributed by atoms with Crippen LogP contribution in [0, 0.1) is 0 Å². The minimum atomic E-state index is -0.0933. The van der Waals surface area contributed by atoms with Crippen LogP contribution >= 0.6 is 35.0 Å². The molecule has 0 radical (unpaired) electrons. The van der Waals surface area contributed by atoms with Gasteiger partial charge in [-0.05, 0) is 44.2 Å². The second-order valence-corrected chi connectivity index (χ2v) is 7.53. The fourth-order valence-corrected chi connectivity index (χ4v) is 4.49. The molecule has 2 nitrogen and oxygen atoms in total. The summed E-state index contributed by atoms with van der Waals surface area (Å²) in [5.41, 5.74) is 2.11. The van der Waals surface area contributed by atoms with Crippen molar-refractivity contribution in [1.82, 2.24) is 9.55 Å². The standard InChI is InChI=1S/C15H18Cl2N2S/c1-9(16)15-18-11-8-10(17)6-7-12(11)19(15)13-4-3-5-14(13)20-2/h6-9,13-14H,3-5H2,1-2H3. The zero-order chi connectivity index (χ0) is 14.3. The van der Waals surface area contributed by atoms with Crippen molar-refractivity contribution in [3.63, 3.8) is 0 Å². The summed E-state index contributed by atoms with van der Waals surface area (Å²) >= 11 is 14.4. The van der Waals surface area contributed by atoms with Crippen molar-refractivity contribution in [2.45, 2.75) is 42.9 Å².